The molecule has 0 spiro atoms. The predicted molar refractivity (Wildman–Crippen MR) is 87.1 cm³/mol. The minimum Gasteiger partial charge on any atom is -0.480 e. The number of aliphatic carboxylic acids is 1. The average molecular weight is 350 g/mol. The number of carbonyl (C=O) groups excluding carboxylic acids is 2. The lowest BCUT2D eigenvalue weighted by atomic mass is 9.96. The zero-order valence-electron chi connectivity index (χ0n) is 13.2. The van der Waals surface area contributed by atoms with Crippen molar-refractivity contribution in [2.75, 3.05) is 0 Å². The monoisotopic (exact) mass is 350 g/mol. The van der Waals surface area contributed by atoms with Crippen molar-refractivity contribution in [2.24, 2.45) is 0 Å². The second-order valence-corrected chi connectivity index (χ2v) is 8.17. The minimum atomic E-state index is -1.37. The Labute approximate surface area is 143 Å². The number of β-lactam (4-membered cyclic amide) rings is 1. The Bertz CT molecular complexity index is 693. The van der Waals surface area contributed by atoms with Crippen molar-refractivity contribution in [3.8, 4) is 0 Å². The SMILES string of the molecule is CC1(C)SC2C(NC(=O)C(O)c3ccccc3)C(=O)N2C1C(=O)O. The minimum absolute atomic E-state index is 0.430. The number of nitrogens with one attached hydrogen (secondary N) is 1. The van der Waals surface area contributed by atoms with E-state index >= 15 is 0 Å². The quantitative estimate of drug-likeness (QED) is 0.677. The third-order valence-corrected chi connectivity index (χ3v) is 5.91. The second kappa shape index (κ2) is 5.78. The number of nitrogens with zero attached hydrogens (tertiary/aromatic N) is 1. The number of rotatable bonds is 4. The van der Waals surface area contributed by atoms with Crippen molar-refractivity contribution in [3.05, 3.63) is 35.9 Å². The molecular formula is C16H18N2O5S. The van der Waals surface area contributed by atoms with E-state index in [4.69, 9.17) is 0 Å². The van der Waals surface area contributed by atoms with E-state index in [0.29, 0.717) is 5.56 Å². The lowest BCUT2D eigenvalue weighted by Gasteiger charge is -2.43. The summed E-state index contributed by atoms with van der Waals surface area (Å²) < 4.78 is -0.649. The highest BCUT2D eigenvalue weighted by Crippen LogP contribution is 2.50. The van der Waals surface area contributed by atoms with Crippen LogP contribution in [0.15, 0.2) is 30.3 Å². The smallest absolute Gasteiger partial charge is 0.327 e. The van der Waals surface area contributed by atoms with E-state index in [1.165, 1.54) is 16.7 Å². The Kier molecular flexibility index (Phi) is 4.05. The van der Waals surface area contributed by atoms with E-state index in [1.807, 2.05) is 0 Å². The van der Waals surface area contributed by atoms with Crippen LogP contribution in [0.3, 0.4) is 0 Å². The Morgan fingerprint density at radius 1 is 1.29 bits per heavy atom. The van der Waals surface area contributed by atoms with Gasteiger partial charge >= 0.3 is 5.97 Å². The van der Waals surface area contributed by atoms with Crippen molar-refractivity contribution in [2.45, 2.75) is 42.2 Å². The van der Waals surface area contributed by atoms with Gasteiger partial charge in [0.25, 0.3) is 5.91 Å². The van der Waals surface area contributed by atoms with Gasteiger partial charge in [-0.2, -0.15) is 0 Å². The lowest BCUT2D eigenvalue weighted by molar-refractivity contribution is -0.161. The number of carbonyl (C=O) groups is 3. The molecule has 8 heteroatoms. The van der Waals surface area contributed by atoms with Gasteiger partial charge < -0.3 is 20.4 Å². The number of aliphatic hydroxyl groups is 1. The topological polar surface area (TPSA) is 107 Å². The largest absolute Gasteiger partial charge is 0.480 e. The number of hydrogen-bond acceptors (Lipinski definition) is 5. The van der Waals surface area contributed by atoms with Gasteiger partial charge in [0.05, 0.1) is 0 Å². The van der Waals surface area contributed by atoms with Gasteiger partial charge in [-0.15, -0.1) is 11.8 Å². The number of hydrogen-bond donors (Lipinski definition) is 3. The fraction of sp³-hybridized carbons (Fsp3) is 0.438. The van der Waals surface area contributed by atoms with Crippen LogP contribution in [0.4, 0.5) is 0 Å². The molecule has 2 amide bonds. The zero-order chi connectivity index (χ0) is 17.6. The number of fused-ring (bicyclic) bond motifs is 1. The van der Waals surface area contributed by atoms with Crippen LogP contribution in [0, 0.1) is 0 Å². The van der Waals surface area contributed by atoms with E-state index in [-0.39, 0.29) is 0 Å². The van der Waals surface area contributed by atoms with Crippen LogP contribution in [0.2, 0.25) is 0 Å². The second-order valence-electron chi connectivity index (χ2n) is 6.40. The Balaban J connectivity index is 1.71. The number of carboxylic acids is 1. The molecule has 1 aromatic rings. The summed E-state index contributed by atoms with van der Waals surface area (Å²) in [4.78, 5) is 37.2. The van der Waals surface area contributed by atoms with Gasteiger partial charge in [-0.25, -0.2) is 4.79 Å². The van der Waals surface area contributed by atoms with Gasteiger partial charge in [0.1, 0.15) is 17.5 Å². The molecule has 2 aliphatic rings. The molecule has 4 unspecified atom stereocenters. The van der Waals surface area contributed by atoms with Crippen LogP contribution < -0.4 is 5.32 Å². The summed E-state index contributed by atoms with van der Waals surface area (Å²) in [6.07, 6.45) is -1.37. The Hall–Kier alpha value is -2.06. The molecular weight excluding hydrogens is 332 g/mol. The predicted octanol–water partition coefficient (Wildman–Crippen LogP) is 0.352. The highest BCUT2D eigenvalue weighted by Gasteiger charge is 2.64. The van der Waals surface area contributed by atoms with Crippen molar-refractivity contribution < 1.29 is 24.6 Å². The molecule has 4 atom stereocenters. The summed E-state index contributed by atoms with van der Waals surface area (Å²) in [7, 11) is 0. The van der Waals surface area contributed by atoms with Crippen LogP contribution in [-0.2, 0) is 14.4 Å². The summed E-state index contributed by atoms with van der Waals surface area (Å²) >= 11 is 1.34. The molecule has 24 heavy (non-hydrogen) atoms. The maximum absolute atomic E-state index is 12.3. The van der Waals surface area contributed by atoms with Gasteiger partial charge in [0.2, 0.25) is 5.91 Å². The first-order valence-electron chi connectivity index (χ1n) is 7.50. The van der Waals surface area contributed by atoms with Gasteiger partial charge in [-0.3, -0.25) is 9.59 Å². The summed E-state index contributed by atoms with van der Waals surface area (Å²) in [5.41, 5.74) is 0.432. The standard InChI is InChI=1S/C16H18N2O5S/c1-16(2)11(15(22)23)18-13(21)9(14(18)24-16)17-12(20)10(19)8-6-4-3-5-7-8/h3-7,9-11,14,19H,1-2H3,(H,17,20)(H,22,23). The molecule has 0 aromatic heterocycles. The summed E-state index contributed by atoms with van der Waals surface area (Å²) in [6.45, 7) is 3.53. The molecule has 3 rings (SSSR count). The van der Waals surface area contributed by atoms with E-state index < -0.39 is 46.1 Å². The summed E-state index contributed by atoms with van der Waals surface area (Å²) in [6, 6.07) is 6.67. The molecule has 0 saturated carbocycles. The maximum atomic E-state index is 12.3. The normalized spacial score (nSPS) is 28.7. The average Bonchev–Trinajstić information content (AvgIpc) is 2.80. The summed E-state index contributed by atoms with van der Waals surface area (Å²) in [5.74, 6) is -2.16. The molecule has 0 bridgehead atoms. The third kappa shape index (κ3) is 2.55. The zero-order valence-corrected chi connectivity index (χ0v) is 14.0. The number of aliphatic hydroxyl groups excluding tert-OH is 1. The summed E-state index contributed by atoms with van der Waals surface area (Å²) in [5, 5.41) is 21.6. The van der Waals surface area contributed by atoms with Crippen LogP contribution in [-0.4, -0.2) is 55.1 Å². The first kappa shape index (κ1) is 16.8. The third-order valence-electron chi connectivity index (χ3n) is 4.34. The fourth-order valence-corrected chi connectivity index (χ4v) is 4.79. The van der Waals surface area contributed by atoms with Crippen LogP contribution in [0.25, 0.3) is 0 Å². The molecule has 1 aromatic carbocycles. The molecule has 2 aliphatic heterocycles. The Morgan fingerprint density at radius 2 is 1.92 bits per heavy atom. The Morgan fingerprint density at radius 3 is 2.50 bits per heavy atom. The van der Waals surface area contributed by atoms with Crippen LogP contribution >= 0.6 is 11.8 Å². The van der Waals surface area contributed by atoms with Crippen molar-refractivity contribution in [3.63, 3.8) is 0 Å². The van der Waals surface area contributed by atoms with E-state index in [2.05, 4.69) is 5.32 Å². The van der Waals surface area contributed by atoms with Gasteiger partial charge in [-0.05, 0) is 19.4 Å². The van der Waals surface area contributed by atoms with Crippen LogP contribution in [0.1, 0.15) is 25.5 Å². The number of benzene rings is 1. The highest BCUT2D eigenvalue weighted by molar-refractivity contribution is 8.01. The molecule has 2 heterocycles. The van der Waals surface area contributed by atoms with Crippen LogP contribution in [0.5, 0.6) is 0 Å². The number of thioether (sulfide) groups is 1. The number of amides is 2. The lowest BCUT2D eigenvalue weighted by Crippen LogP contribution is -2.70. The van der Waals surface area contributed by atoms with Gasteiger partial charge in [0, 0.05) is 4.75 Å². The molecule has 7 nitrogen and oxygen atoms in total. The molecule has 0 aliphatic carbocycles. The van der Waals surface area contributed by atoms with E-state index in [9.17, 15) is 24.6 Å². The van der Waals surface area contributed by atoms with E-state index in [0.717, 1.165) is 0 Å². The fourth-order valence-electron chi connectivity index (χ4n) is 3.16. The van der Waals surface area contributed by atoms with Gasteiger partial charge in [-0.1, -0.05) is 30.3 Å². The van der Waals surface area contributed by atoms with Gasteiger partial charge in [0.15, 0.2) is 6.10 Å². The first-order chi connectivity index (χ1) is 11.2. The maximum Gasteiger partial charge on any atom is 0.327 e. The first-order valence-corrected chi connectivity index (χ1v) is 8.38. The molecule has 3 N–H and O–H groups in total. The highest BCUT2D eigenvalue weighted by atomic mass is 32.2. The number of carboxylic acid groups (broad SMARTS) is 1. The molecule has 0 radical (unpaired) electrons. The van der Waals surface area contributed by atoms with E-state index in [1.54, 1.807) is 44.2 Å². The van der Waals surface area contributed by atoms with Crippen molar-refractivity contribution in [1.82, 2.24) is 10.2 Å². The molecule has 2 fully saturated rings. The van der Waals surface area contributed by atoms with Crippen molar-refractivity contribution in [1.29, 1.82) is 0 Å². The van der Waals surface area contributed by atoms with Crippen molar-refractivity contribution >= 4 is 29.5 Å². The molecule has 2 saturated heterocycles. The molecule has 128 valence electrons.